The first-order chi connectivity index (χ1) is 18.4. The van der Waals surface area contributed by atoms with Gasteiger partial charge in [0.15, 0.2) is 6.29 Å². The second kappa shape index (κ2) is 13.4. The van der Waals surface area contributed by atoms with Gasteiger partial charge in [0, 0.05) is 10.8 Å². The molecule has 3 aromatic rings. The Morgan fingerprint density at radius 2 is 1.50 bits per heavy atom. The summed E-state index contributed by atoms with van der Waals surface area (Å²) in [7, 11) is -0.885. The van der Waals surface area contributed by atoms with Crippen molar-refractivity contribution in [1.82, 2.24) is 0 Å². The second-order valence-corrected chi connectivity index (χ2v) is 15.9. The topological polar surface area (TPSA) is 36.9 Å². The molecule has 4 rings (SSSR count). The second-order valence-electron chi connectivity index (χ2n) is 10.7. The third-order valence-corrected chi connectivity index (χ3v) is 13.1. The lowest BCUT2D eigenvalue weighted by Gasteiger charge is -2.43. The van der Waals surface area contributed by atoms with Gasteiger partial charge in [-0.3, -0.25) is 0 Å². The van der Waals surface area contributed by atoms with E-state index in [0.29, 0.717) is 13.2 Å². The molecule has 6 heteroatoms. The lowest BCUT2D eigenvalue weighted by Crippen LogP contribution is -2.66. The Morgan fingerprint density at radius 3 is 2.03 bits per heavy atom. The van der Waals surface area contributed by atoms with Crippen LogP contribution in [0.2, 0.25) is 5.04 Å². The highest BCUT2D eigenvalue weighted by Gasteiger charge is 2.49. The van der Waals surface area contributed by atoms with Gasteiger partial charge in [-0.1, -0.05) is 128 Å². The molecule has 0 unspecified atom stereocenters. The SMILES string of the molecule is COc1ccc(CO[C@H]2C/C(=C\CO[Si](c3ccccc3)(c3ccccc3)C(C)(C)C)C[C@@H](CI)O2)cc1. The molecule has 0 amide bonds. The van der Waals surface area contributed by atoms with Crippen LogP contribution in [0.5, 0.6) is 5.75 Å². The molecule has 1 aliphatic rings. The molecule has 2 atom stereocenters. The zero-order chi connectivity index (χ0) is 27.0. The Hall–Kier alpha value is -1.97. The van der Waals surface area contributed by atoms with Crippen molar-refractivity contribution < 1.29 is 18.6 Å². The van der Waals surface area contributed by atoms with Crippen molar-refractivity contribution in [3.8, 4) is 5.75 Å². The van der Waals surface area contributed by atoms with Crippen molar-refractivity contribution in [2.75, 3.05) is 18.1 Å². The molecule has 1 aliphatic heterocycles. The van der Waals surface area contributed by atoms with Gasteiger partial charge in [-0.05, 0) is 39.5 Å². The van der Waals surface area contributed by atoms with Crippen LogP contribution in [0.4, 0.5) is 0 Å². The zero-order valence-corrected chi connectivity index (χ0v) is 26.0. The summed E-state index contributed by atoms with van der Waals surface area (Å²) < 4.78 is 25.7. The van der Waals surface area contributed by atoms with Gasteiger partial charge in [-0.2, -0.15) is 0 Å². The van der Waals surface area contributed by atoms with E-state index in [4.69, 9.17) is 18.6 Å². The van der Waals surface area contributed by atoms with Gasteiger partial charge < -0.3 is 18.6 Å². The molecule has 202 valence electrons. The predicted octanol–water partition coefficient (Wildman–Crippen LogP) is 6.65. The Morgan fingerprint density at radius 1 is 0.895 bits per heavy atom. The minimum atomic E-state index is -2.56. The molecule has 0 N–H and O–H groups in total. The van der Waals surface area contributed by atoms with Gasteiger partial charge in [0.2, 0.25) is 0 Å². The first kappa shape index (κ1) is 29.0. The first-order valence-corrected chi connectivity index (χ1v) is 16.7. The maximum atomic E-state index is 7.09. The van der Waals surface area contributed by atoms with Crippen molar-refractivity contribution >= 4 is 41.3 Å². The third kappa shape index (κ3) is 6.96. The number of alkyl halides is 1. The lowest BCUT2D eigenvalue weighted by atomic mass is 10.0. The molecular formula is C32H39IO4Si. The minimum Gasteiger partial charge on any atom is -0.497 e. The largest absolute Gasteiger partial charge is 0.497 e. The summed E-state index contributed by atoms with van der Waals surface area (Å²) >= 11 is 2.40. The van der Waals surface area contributed by atoms with Crippen LogP contribution < -0.4 is 15.1 Å². The number of hydrogen-bond acceptors (Lipinski definition) is 4. The Kier molecular flexibility index (Phi) is 10.2. The summed E-state index contributed by atoms with van der Waals surface area (Å²) in [5.74, 6) is 0.846. The van der Waals surface area contributed by atoms with Crippen molar-refractivity contribution in [2.45, 2.75) is 57.7 Å². The van der Waals surface area contributed by atoms with Crippen LogP contribution >= 0.6 is 22.6 Å². The first-order valence-electron chi connectivity index (χ1n) is 13.2. The van der Waals surface area contributed by atoms with Crippen molar-refractivity contribution in [3.05, 3.63) is 102 Å². The standard InChI is InChI=1S/C32H39IO4Si/c1-32(2,3)38(29-11-7-5-8-12-29,30-13-9-6-10-14-30)36-20-19-26-21-28(23-33)37-31(22-26)35-24-25-15-17-27(34-4)18-16-25/h5-19,28,31H,20-24H2,1-4H3/b26-19-/t28-,31+/m0/s1. The number of methoxy groups -OCH3 is 1. The molecule has 0 spiro atoms. The molecule has 3 aromatic carbocycles. The summed E-state index contributed by atoms with van der Waals surface area (Å²) in [6.45, 7) is 8.03. The van der Waals surface area contributed by atoms with Gasteiger partial charge in [0.05, 0.1) is 26.4 Å². The summed E-state index contributed by atoms with van der Waals surface area (Å²) in [4.78, 5) is 0. The van der Waals surface area contributed by atoms with E-state index in [1.54, 1.807) is 7.11 Å². The smallest absolute Gasteiger partial charge is 0.261 e. The van der Waals surface area contributed by atoms with Gasteiger partial charge in [0.25, 0.3) is 8.32 Å². The molecular weight excluding hydrogens is 603 g/mol. The number of benzene rings is 3. The minimum absolute atomic E-state index is 0.0430. The fourth-order valence-corrected chi connectivity index (χ4v) is 10.2. The number of halogens is 1. The highest BCUT2D eigenvalue weighted by molar-refractivity contribution is 14.1. The molecule has 1 saturated heterocycles. The summed E-state index contributed by atoms with van der Waals surface area (Å²) in [6.07, 6.45) is 3.84. The quantitative estimate of drug-likeness (QED) is 0.107. The average Bonchev–Trinajstić information content (AvgIpc) is 2.94. The Balaban J connectivity index is 1.51. The van der Waals surface area contributed by atoms with Crippen molar-refractivity contribution in [2.24, 2.45) is 0 Å². The fourth-order valence-electron chi connectivity index (χ4n) is 5.21. The van der Waals surface area contributed by atoms with E-state index in [1.165, 1.54) is 15.9 Å². The van der Waals surface area contributed by atoms with E-state index in [0.717, 1.165) is 28.6 Å². The Bertz CT molecular complexity index is 1120. The molecule has 1 heterocycles. The predicted molar refractivity (Wildman–Crippen MR) is 166 cm³/mol. The van der Waals surface area contributed by atoms with Gasteiger partial charge in [0.1, 0.15) is 5.75 Å². The molecule has 38 heavy (non-hydrogen) atoms. The maximum Gasteiger partial charge on any atom is 0.261 e. The van der Waals surface area contributed by atoms with Crippen LogP contribution in [-0.2, 0) is 20.5 Å². The maximum absolute atomic E-state index is 7.09. The van der Waals surface area contributed by atoms with E-state index >= 15 is 0 Å². The number of hydrogen-bond donors (Lipinski definition) is 0. The van der Waals surface area contributed by atoms with E-state index in [9.17, 15) is 0 Å². The normalized spacial score (nSPS) is 19.4. The lowest BCUT2D eigenvalue weighted by molar-refractivity contribution is -0.181. The van der Waals surface area contributed by atoms with Crippen LogP contribution in [0.25, 0.3) is 0 Å². The van der Waals surface area contributed by atoms with Crippen molar-refractivity contribution in [3.63, 3.8) is 0 Å². The van der Waals surface area contributed by atoms with Gasteiger partial charge in [-0.25, -0.2) is 0 Å². The third-order valence-electron chi connectivity index (χ3n) is 7.12. The molecule has 0 saturated carbocycles. The van der Waals surface area contributed by atoms with Gasteiger partial charge >= 0.3 is 0 Å². The van der Waals surface area contributed by atoms with Crippen LogP contribution in [0.1, 0.15) is 39.2 Å². The summed E-state index contributed by atoms with van der Waals surface area (Å²) in [6, 6.07) is 29.6. The van der Waals surface area contributed by atoms with E-state index in [-0.39, 0.29) is 17.4 Å². The number of ether oxygens (including phenoxy) is 3. The van der Waals surface area contributed by atoms with E-state index in [2.05, 4.69) is 110 Å². The van der Waals surface area contributed by atoms with Crippen LogP contribution in [0.3, 0.4) is 0 Å². The van der Waals surface area contributed by atoms with Crippen LogP contribution in [0, 0.1) is 0 Å². The summed E-state index contributed by atoms with van der Waals surface area (Å²) in [5.41, 5.74) is 2.45. The monoisotopic (exact) mass is 642 g/mol. The van der Waals surface area contributed by atoms with Gasteiger partial charge in [-0.15, -0.1) is 0 Å². The molecule has 0 radical (unpaired) electrons. The molecule has 1 fully saturated rings. The average molecular weight is 643 g/mol. The molecule has 0 aliphatic carbocycles. The Labute approximate surface area is 242 Å². The summed E-state index contributed by atoms with van der Waals surface area (Å²) in [5, 5.41) is 2.56. The fraction of sp³-hybridized carbons (Fsp3) is 0.375. The van der Waals surface area contributed by atoms with E-state index in [1.807, 2.05) is 24.3 Å². The van der Waals surface area contributed by atoms with Crippen LogP contribution in [-0.4, -0.2) is 38.9 Å². The highest BCUT2D eigenvalue weighted by atomic mass is 127. The van der Waals surface area contributed by atoms with Crippen molar-refractivity contribution in [1.29, 1.82) is 0 Å². The molecule has 4 nitrogen and oxygen atoms in total. The van der Waals surface area contributed by atoms with Crippen LogP contribution in [0.15, 0.2) is 96.6 Å². The molecule has 0 bridgehead atoms. The van der Waals surface area contributed by atoms with E-state index < -0.39 is 8.32 Å². The number of rotatable bonds is 10. The molecule has 0 aromatic heterocycles. The highest BCUT2D eigenvalue weighted by Crippen LogP contribution is 2.37. The zero-order valence-electron chi connectivity index (χ0n) is 22.9.